The van der Waals surface area contributed by atoms with Gasteiger partial charge in [-0.2, -0.15) is 15.0 Å². The highest BCUT2D eigenvalue weighted by Crippen LogP contribution is 2.25. The maximum atomic E-state index is 5.81. The summed E-state index contributed by atoms with van der Waals surface area (Å²) in [5, 5.41) is 0. The van der Waals surface area contributed by atoms with Crippen LogP contribution in [-0.2, 0) is 4.74 Å². The monoisotopic (exact) mass is 332 g/mol. The van der Waals surface area contributed by atoms with E-state index in [0.717, 1.165) is 70.1 Å². The molecule has 7 heteroatoms. The fourth-order valence-corrected chi connectivity index (χ4v) is 3.75. The first-order valence-corrected chi connectivity index (χ1v) is 9.46. The summed E-state index contributed by atoms with van der Waals surface area (Å²) >= 11 is 0. The van der Waals surface area contributed by atoms with E-state index in [2.05, 4.69) is 21.6 Å². The Morgan fingerprint density at radius 3 is 1.79 bits per heavy atom. The fraction of sp³-hybridized carbons (Fsp3) is 0.824. The van der Waals surface area contributed by atoms with E-state index in [9.17, 15) is 0 Å². The third-order valence-corrected chi connectivity index (χ3v) is 5.25. The molecule has 0 radical (unpaired) electrons. The largest absolute Gasteiger partial charge is 0.375 e. The second-order valence-corrected chi connectivity index (χ2v) is 6.97. The van der Waals surface area contributed by atoms with E-state index in [1.165, 1.54) is 25.7 Å². The number of hydrogen-bond donors (Lipinski definition) is 0. The summed E-state index contributed by atoms with van der Waals surface area (Å²) in [6.45, 7) is 8.90. The van der Waals surface area contributed by atoms with Gasteiger partial charge in [-0.15, -0.1) is 0 Å². The molecule has 3 fully saturated rings. The van der Waals surface area contributed by atoms with Gasteiger partial charge in [-0.1, -0.05) is 6.92 Å². The highest BCUT2D eigenvalue weighted by atomic mass is 16.5. The first-order valence-electron chi connectivity index (χ1n) is 9.46. The SMILES string of the molecule is CC[C@H]1CN(c2nc(N3CCCC3)nc(N3CCCC3)n2)CCO1. The smallest absolute Gasteiger partial charge is 0.232 e. The Kier molecular flexibility index (Phi) is 4.69. The molecule has 3 saturated heterocycles. The number of hydrogen-bond acceptors (Lipinski definition) is 7. The van der Waals surface area contributed by atoms with Crippen LogP contribution < -0.4 is 14.7 Å². The van der Waals surface area contributed by atoms with Gasteiger partial charge in [0.15, 0.2) is 0 Å². The van der Waals surface area contributed by atoms with Crippen molar-refractivity contribution >= 4 is 17.8 Å². The van der Waals surface area contributed by atoms with E-state index in [0.29, 0.717) is 0 Å². The summed E-state index contributed by atoms with van der Waals surface area (Å²) < 4.78 is 5.81. The molecular formula is C17H28N6O. The molecule has 7 nitrogen and oxygen atoms in total. The maximum absolute atomic E-state index is 5.81. The van der Waals surface area contributed by atoms with E-state index < -0.39 is 0 Å². The summed E-state index contributed by atoms with van der Waals surface area (Å²) in [6, 6.07) is 0. The summed E-state index contributed by atoms with van der Waals surface area (Å²) in [6.07, 6.45) is 6.23. The molecule has 0 amide bonds. The average Bonchev–Trinajstić information content (AvgIpc) is 3.35. The molecule has 1 aromatic heterocycles. The first kappa shape index (κ1) is 15.9. The lowest BCUT2D eigenvalue weighted by Gasteiger charge is -2.33. The molecule has 1 aromatic rings. The molecule has 132 valence electrons. The van der Waals surface area contributed by atoms with Crippen molar-refractivity contribution in [1.29, 1.82) is 0 Å². The van der Waals surface area contributed by atoms with Crippen molar-refractivity contribution in [3.8, 4) is 0 Å². The lowest BCUT2D eigenvalue weighted by Crippen LogP contribution is -2.43. The Hall–Kier alpha value is -1.63. The van der Waals surface area contributed by atoms with Crippen LogP contribution in [0.1, 0.15) is 39.0 Å². The van der Waals surface area contributed by atoms with E-state index in [-0.39, 0.29) is 6.10 Å². The van der Waals surface area contributed by atoms with Crippen molar-refractivity contribution in [3.05, 3.63) is 0 Å². The van der Waals surface area contributed by atoms with Crippen molar-refractivity contribution in [2.24, 2.45) is 0 Å². The van der Waals surface area contributed by atoms with Gasteiger partial charge in [0.2, 0.25) is 17.8 Å². The number of ether oxygens (including phenoxy) is 1. The van der Waals surface area contributed by atoms with Crippen LogP contribution in [0.3, 0.4) is 0 Å². The van der Waals surface area contributed by atoms with Crippen molar-refractivity contribution < 1.29 is 4.74 Å². The third kappa shape index (κ3) is 3.27. The van der Waals surface area contributed by atoms with Gasteiger partial charge < -0.3 is 19.4 Å². The standard InChI is InChI=1S/C17H28N6O/c1-2-14-13-23(11-12-24-14)17-19-15(21-7-3-4-8-21)18-16(20-17)22-9-5-6-10-22/h14H,2-13H2,1H3/t14-/m0/s1. The zero-order valence-corrected chi connectivity index (χ0v) is 14.7. The second-order valence-electron chi connectivity index (χ2n) is 6.97. The van der Waals surface area contributed by atoms with Crippen molar-refractivity contribution in [1.82, 2.24) is 15.0 Å². The van der Waals surface area contributed by atoms with Crippen LogP contribution in [0.15, 0.2) is 0 Å². The van der Waals surface area contributed by atoms with Crippen molar-refractivity contribution in [2.75, 3.05) is 60.6 Å². The number of nitrogens with zero attached hydrogens (tertiary/aromatic N) is 6. The molecule has 1 atom stereocenters. The van der Waals surface area contributed by atoms with Gasteiger partial charge in [-0.3, -0.25) is 0 Å². The van der Waals surface area contributed by atoms with Gasteiger partial charge >= 0.3 is 0 Å². The number of morpholine rings is 1. The Morgan fingerprint density at radius 1 is 0.792 bits per heavy atom. The second kappa shape index (κ2) is 7.09. The van der Waals surface area contributed by atoms with E-state index >= 15 is 0 Å². The molecule has 0 saturated carbocycles. The highest BCUT2D eigenvalue weighted by molar-refractivity contribution is 5.47. The third-order valence-electron chi connectivity index (χ3n) is 5.25. The zero-order valence-electron chi connectivity index (χ0n) is 14.7. The normalized spacial score (nSPS) is 24.9. The van der Waals surface area contributed by atoms with Crippen LogP contribution in [0.25, 0.3) is 0 Å². The molecule has 0 unspecified atom stereocenters. The van der Waals surface area contributed by atoms with Gasteiger partial charge in [-0.05, 0) is 32.1 Å². The van der Waals surface area contributed by atoms with E-state index in [1.807, 2.05) is 0 Å². The van der Waals surface area contributed by atoms with Gasteiger partial charge in [0.25, 0.3) is 0 Å². The Morgan fingerprint density at radius 2 is 1.29 bits per heavy atom. The average molecular weight is 332 g/mol. The number of rotatable bonds is 4. The van der Waals surface area contributed by atoms with Crippen LogP contribution >= 0.6 is 0 Å². The summed E-state index contributed by atoms with van der Waals surface area (Å²) in [4.78, 5) is 21.3. The van der Waals surface area contributed by atoms with Crippen LogP contribution in [0, 0.1) is 0 Å². The van der Waals surface area contributed by atoms with Gasteiger partial charge in [0.1, 0.15) is 0 Å². The van der Waals surface area contributed by atoms with Crippen LogP contribution in [0.4, 0.5) is 17.8 Å². The Balaban J connectivity index is 1.63. The van der Waals surface area contributed by atoms with E-state index in [1.54, 1.807) is 0 Å². The molecule has 4 rings (SSSR count). The van der Waals surface area contributed by atoms with E-state index in [4.69, 9.17) is 19.7 Å². The molecule has 4 heterocycles. The minimum Gasteiger partial charge on any atom is -0.375 e. The highest BCUT2D eigenvalue weighted by Gasteiger charge is 2.26. The lowest BCUT2D eigenvalue weighted by molar-refractivity contribution is 0.0379. The summed E-state index contributed by atoms with van der Waals surface area (Å²) in [5.41, 5.74) is 0. The molecule has 0 aliphatic carbocycles. The van der Waals surface area contributed by atoms with Crippen LogP contribution in [0.5, 0.6) is 0 Å². The number of aromatic nitrogens is 3. The Bertz CT molecular complexity index is 522. The van der Waals surface area contributed by atoms with Crippen LogP contribution in [-0.4, -0.2) is 66.9 Å². The fourth-order valence-electron chi connectivity index (χ4n) is 3.75. The minimum atomic E-state index is 0.279. The molecule has 3 aliphatic heterocycles. The van der Waals surface area contributed by atoms with Gasteiger partial charge in [-0.25, -0.2) is 0 Å². The molecule has 0 spiro atoms. The summed E-state index contributed by atoms with van der Waals surface area (Å²) in [7, 11) is 0. The van der Waals surface area contributed by atoms with Crippen molar-refractivity contribution in [3.63, 3.8) is 0 Å². The van der Waals surface area contributed by atoms with Crippen molar-refractivity contribution in [2.45, 2.75) is 45.1 Å². The molecule has 0 bridgehead atoms. The van der Waals surface area contributed by atoms with Gasteiger partial charge in [0, 0.05) is 39.3 Å². The summed E-state index contributed by atoms with van der Waals surface area (Å²) in [5.74, 6) is 2.55. The van der Waals surface area contributed by atoms with Crippen LogP contribution in [0.2, 0.25) is 0 Å². The number of anilines is 3. The predicted molar refractivity (Wildman–Crippen MR) is 95.0 cm³/mol. The maximum Gasteiger partial charge on any atom is 0.232 e. The molecule has 3 aliphatic rings. The quantitative estimate of drug-likeness (QED) is 0.831. The first-order chi connectivity index (χ1) is 11.8. The minimum absolute atomic E-state index is 0.279. The lowest BCUT2D eigenvalue weighted by atomic mass is 10.2. The molecule has 0 N–H and O–H groups in total. The predicted octanol–water partition coefficient (Wildman–Crippen LogP) is 1.69. The zero-order chi connectivity index (χ0) is 16.4. The Labute approximate surface area is 144 Å². The molecule has 0 aromatic carbocycles. The molecular weight excluding hydrogens is 304 g/mol. The topological polar surface area (TPSA) is 57.6 Å². The van der Waals surface area contributed by atoms with Gasteiger partial charge in [0.05, 0.1) is 12.7 Å². The molecule has 24 heavy (non-hydrogen) atoms.